The molecule has 14 heteroatoms. The van der Waals surface area contributed by atoms with Crippen molar-refractivity contribution >= 4 is 41.1 Å². The fraction of sp³-hybridized carbons (Fsp3) is 0.290. The molecular weight excluding hydrogens is 578 g/mol. The number of carbonyl (C=O) groups is 3. The molecule has 0 aliphatic carbocycles. The van der Waals surface area contributed by atoms with E-state index in [2.05, 4.69) is 40.2 Å². The molecule has 0 radical (unpaired) electrons. The Morgan fingerprint density at radius 2 is 1.67 bits per heavy atom. The van der Waals surface area contributed by atoms with Crippen molar-refractivity contribution in [2.45, 2.75) is 26.4 Å². The Balaban J connectivity index is 1.37. The van der Waals surface area contributed by atoms with Gasteiger partial charge in [0, 0.05) is 68.3 Å². The number of hydrogen-bond acceptors (Lipinski definition) is 12. The van der Waals surface area contributed by atoms with Gasteiger partial charge in [-0.3, -0.25) is 9.78 Å². The highest BCUT2D eigenvalue weighted by atomic mass is 16.6. The normalized spacial score (nSPS) is 13.2. The van der Waals surface area contributed by atoms with Crippen molar-refractivity contribution in [2.75, 3.05) is 48.8 Å². The van der Waals surface area contributed by atoms with E-state index in [4.69, 9.17) is 9.72 Å². The zero-order chi connectivity index (χ0) is 32.0. The van der Waals surface area contributed by atoms with Crippen LogP contribution in [0.2, 0.25) is 0 Å². The van der Waals surface area contributed by atoms with Crippen LogP contribution >= 0.6 is 0 Å². The van der Waals surface area contributed by atoms with Crippen LogP contribution in [-0.4, -0.2) is 86.7 Å². The number of hydrogen-bond donors (Lipinski definition) is 2. The molecule has 5 heterocycles. The Bertz CT molecular complexity index is 1670. The molecule has 4 aromatic heterocycles. The van der Waals surface area contributed by atoms with Gasteiger partial charge in [-0.1, -0.05) is 0 Å². The molecular formula is C31H33N9O5. The summed E-state index contributed by atoms with van der Waals surface area (Å²) in [5, 5.41) is 6.01. The molecule has 45 heavy (non-hydrogen) atoms. The minimum atomic E-state index is -0.595. The van der Waals surface area contributed by atoms with Crippen LogP contribution in [0.1, 0.15) is 41.6 Å². The van der Waals surface area contributed by atoms with Crippen molar-refractivity contribution in [1.29, 1.82) is 0 Å². The number of aromatic nitrogens is 5. The monoisotopic (exact) mass is 611 g/mol. The Morgan fingerprint density at radius 3 is 2.33 bits per heavy atom. The van der Waals surface area contributed by atoms with E-state index >= 15 is 0 Å². The number of carbonyl (C=O) groups excluding carboxylic acids is 3. The molecule has 1 fully saturated rings. The molecule has 1 saturated heterocycles. The zero-order valence-corrected chi connectivity index (χ0v) is 25.4. The number of amides is 2. The first-order valence-corrected chi connectivity index (χ1v) is 14.2. The summed E-state index contributed by atoms with van der Waals surface area (Å²) < 4.78 is 10.2. The van der Waals surface area contributed by atoms with E-state index in [1.54, 1.807) is 41.8 Å². The highest BCUT2D eigenvalue weighted by molar-refractivity contribution is 6.04. The molecule has 2 amide bonds. The maximum Gasteiger partial charge on any atom is 0.410 e. The van der Waals surface area contributed by atoms with E-state index < -0.39 is 17.5 Å². The molecule has 2 N–H and O–H groups in total. The van der Waals surface area contributed by atoms with Gasteiger partial charge >= 0.3 is 12.1 Å². The summed E-state index contributed by atoms with van der Waals surface area (Å²) in [6.07, 6.45) is 7.35. The average molecular weight is 612 g/mol. The van der Waals surface area contributed by atoms with Crippen molar-refractivity contribution in [1.82, 2.24) is 29.8 Å². The van der Waals surface area contributed by atoms with Gasteiger partial charge in [-0.05, 0) is 51.1 Å². The molecule has 0 atom stereocenters. The molecule has 0 aromatic carbocycles. The third-order valence-electron chi connectivity index (χ3n) is 6.62. The first kappa shape index (κ1) is 30.8. The lowest BCUT2D eigenvalue weighted by Gasteiger charge is -2.36. The number of anilines is 4. The lowest BCUT2D eigenvalue weighted by atomic mass is 10.1. The Kier molecular flexibility index (Phi) is 9.12. The van der Waals surface area contributed by atoms with E-state index in [1.165, 1.54) is 25.4 Å². The van der Waals surface area contributed by atoms with Crippen molar-refractivity contribution in [3.8, 4) is 11.3 Å². The predicted molar refractivity (Wildman–Crippen MR) is 166 cm³/mol. The Morgan fingerprint density at radius 1 is 0.867 bits per heavy atom. The number of piperazine rings is 1. The van der Waals surface area contributed by atoms with Gasteiger partial charge in [0.2, 0.25) is 0 Å². The third kappa shape index (κ3) is 8.04. The number of rotatable bonds is 7. The second-order valence-corrected chi connectivity index (χ2v) is 11.1. The minimum absolute atomic E-state index is 0.0930. The van der Waals surface area contributed by atoms with Crippen molar-refractivity contribution < 1.29 is 23.9 Å². The van der Waals surface area contributed by atoms with E-state index in [0.29, 0.717) is 49.2 Å². The third-order valence-corrected chi connectivity index (χ3v) is 6.62. The Labute approximate surface area is 259 Å². The first-order chi connectivity index (χ1) is 21.6. The zero-order valence-electron chi connectivity index (χ0n) is 25.4. The fourth-order valence-electron chi connectivity index (χ4n) is 4.46. The van der Waals surface area contributed by atoms with Crippen LogP contribution in [0.3, 0.4) is 0 Å². The number of pyridine rings is 3. The molecule has 1 aliphatic heterocycles. The summed E-state index contributed by atoms with van der Waals surface area (Å²) in [7, 11) is 1.26. The second kappa shape index (κ2) is 13.3. The number of ether oxygens (including phenoxy) is 2. The number of nitrogens with zero attached hydrogens (tertiary/aromatic N) is 7. The molecule has 232 valence electrons. The van der Waals surface area contributed by atoms with Crippen LogP contribution < -0.4 is 15.5 Å². The molecule has 5 rings (SSSR count). The summed E-state index contributed by atoms with van der Waals surface area (Å²) in [4.78, 5) is 62.8. The molecule has 14 nitrogen and oxygen atoms in total. The van der Waals surface area contributed by atoms with Crippen LogP contribution in [0.5, 0.6) is 0 Å². The molecule has 0 spiro atoms. The summed E-state index contributed by atoms with van der Waals surface area (Å²) >= 11 is 0. The average Bonchev–Trinajstić information content (AvgIpc) is 3.04. The van der Waals surface area contributed by atoms with Gasteiger partial charge in [0.15, 0.2) is 0 Å². The maximum atomic E-state index is 13.1. The van der Waals surface area contributed by atoms with Crippen LogP contribution in [0.15, 0.2) is 67.4 Å². The number of esters is 1. The van der Waals surface area contributed by atoms with Crippen LogP contribution in [0.4, 0.5) is 27.9 Å². The van der Waals surface area contributed by atoms with E-state index in [-0.39, 0.29) is 17.4 Å². The van der Waals surface area contributed by atoms with E-state index in [9.17, 15) is 14.4 Å². The molecule has 4 aromatic rings. The summed E-state index contributed by atoms with van der Waals surface area (Å²) in [5.41, 5.74) is 1.57. The molecule has 0 bridgehead atoms. The van der Waals surface area contributed by atoms with Gasteiger partial charge in [0.1, 0.15) is 28.7 Å². The van der Waals surface area contributed by atoms with Crippen LogP contribution in [0, 0.1) is 0 Å². The lowest BCUT2D eigenvalue weighted by molar-refractivity contribution is 0.0240. The van der Waals surface area contributed by atoms with Crippen LogP contribution in [-0.2, 0) is 9.47 Å². The van der Waals surface area contributed by atoms with Crippen molar-refractivity contribution in [3.63, 3.8) is 0 Å². The largest absolute Gasteiger partial charge is 0.464 e. The lowest BCUT2D eigenvalue weighted by Crippen LogP contribution is -2.50. The van der Waals surface area contributed by atoms with Gasteiger partial charge in [0.05, 0.1) is 24.6 Å². The van der Waals surface area contributed by atoms with Gasteiger partial charge < -0.3 is 29.9 Å². The fourth-order valence-corrected chi connectivity index (χ4v) is 4.46. The topological polar surface area (TPSA) is 165 Å². The van der Waals surface area contributed by atoms with Crippen molar-refractivity contribution in [2.24, 2.45) is 0 Å². The molecule has 1 aliphatic rings. The highest BCUT2D eigenvalue weighted by Crippen LogP contribution is 2.28. The Hall–Kier alpha value is -5.66. The van der Waals surface area contributed by atoms with Gasteiger partial charge in [-0.15, -0.1) is 0 Å². The SMILES string of the molecule is COC(=O)c1ccc(C(=O)Nc2cc(Nc3cnccn3)nc(-c3ccnc(N4CCN(C(=O)OC(C)(C)C)CC4)c3)c2)cn1. The quantitative estimate of drug-likeness (QED) is 0.287. The molecule has 0 saturated carbocycles. The number of nitrogens with one attached hydrogen (secondary N) is 2. The summed E-state index contributed by atoms with van der Waals surface area (Å²) in [5.74, 6) is 0.599. The van der Waals surface area contributed by atoms with E-state index in [0.717, 1.165) is 11.4 Å². The minimum Gasteiger partial charge on any atom is -0.464 e. The maximum absolute atomic E-state index is 13.1. The van der Waals surface area contributed by atoms with Gasteiger partial charge in [-0.25, -0.2) is 29.5 Å². The van der Waals surface area contributed by atoms with Crippen LogP contribution in [0.25, 0.3) is 11.3 Å². The smallest absolute Gasteiger partial charge is 0.410 e. The van der Waals surface area contributed by atoms with Gasteiger partial charge in [0.25, 0.3) is 5.91 Å². The summed E-state index contributed by atoms with van der Waals surface area (Å²) in [6.45, 7) is 7.72. The first-order valence-electron chi connectivity index (χ1n) is 14.2. The standard InChI is InChI=1S/C31H33N9O5/c1-31(2,3)45-30(43)40-13-11-39(12-14-40)27-15-20(7-8-34-27)24-16-22(17-25(37-24)38-26-19-32-9-10-33-26)36-28(41)21-5-6-23(35-18-21)29(42)44-4/h5-10,15-19H,11-14H2,1-4H3,(H2,33,36,37,38,41). The van der Waals surface area contributed by atoms with Crippen molar-refractivity contribution in [3.05, 3.63) is 78.6 Å². The van der Waals surface area contributed by atoms with E-state index in [1.807, 2.05) is 32.9 Å². The predicted octanol–water partition coefficient (Wildman–Crippen LogP) is 4.17. The second-order valence-electron chi connectivity index (χ2n) is 11.1. The number of methoxy groups -OCH3 is 1. The van der Waals surface area contributed by atoms with Gasteiger partial charge in [-0.2, -0.15) is 0 Å². The summed E-state index contributed by atoms with van der Waals surface area (Å²) in [6, 6.07) is 10.1. The highest BCUT2D eigenvalue weighted by Gasteiger charge is 2.26. The molecule has 0 unspecified atom stereocenters.